The Morgan fingerprint density at radius 1 is 1.45 bits per heavy atom. The standard InChI is InChI=1S/C14H17ClN2O2S/c1-19-11-5-4-9(15)8-10(11)17-13(18)14(12(16)20)6-2-3-7-14/h4-5,8H,2-3,6-7H2,1H3,(H2,16,20)(H,17,18). The monoisotopic (exact) mass is 312 g/mol. The molecule has 1 fully saturated rings. The van der Waals surface area contributed by atoms with Gasteiger partial charge in [-0.05, 0) is 31.0 Å². The van der Waals surface area contributed by atoms with E-state index in [1.165, 1.54) is 7.11 Å². The van der Waals surface area contributed by atoms with E-state index in [0.29, 0.717) is 29.3 Å². The molecular formula is C14H17ClN2O2S. The third-order valence-electron chi connectivity index (χ3n) is 3.77. The van der Waals surface area contributed by atoms with Gasteiger partial charge in [0.25, 0.3) is 0 Å². The van der Waals surface area contributed by atoms with E-state index < -0.39 is 5.41 Å². The van der Waals surface area contributed by atoms with Crippen LogP contribution in [0.15, 0.2) is 18.2 Å². The van der Waals surface area contributed by atoms with Crippen LogP contribution < -0.4 is 15.8 Å². The Kier molecular flexibility index (Phi) is 4.50. The van der Waals surface area contributed by atoms with Crippen molar-refractivity contribution >= 4 is 40.4 Å². The van der Waals surface area contributed by atoms with Crippen molar-refractivity contribution in [1.82, 2.24) is 0 Å². The summed E-state index contributed by atoms with van der Waals surface area (Å²) < 4.78 is 5.22. The normalized spacial score (nSPS) is 16.7. The van der Waals surface area contributed by atoms with Crippen LogP contribution in [0.25, 0.3) is 0 Å². The first kappa shape index (κ1) is 15.1. The first-order chi connectivity index (χ1) is 9.49. The van der Waals surface area contributed by atoms with Gasteiger partial charge in [-0.2, -0.15) is 0 Å². The Bertz CT molecular complexity index is 542. The van der Waals surface area contributed by atoms with Crippen molar-refractivity contribution in [3.63, 3.8) is 0 Å². The maximum atomic E-state index is 12.6. The average molecular weight is 313 g/mol. The van der Waals surface area contributed by atoms with Gasteiger partial charge in [0.05, 0.1) is 23.2 Å². The summed E-state index contributed by atoms with van der Waals surface area (Å²) in [7, 11) is 1.54. The van der Waals surface area contributed by atoms with Crippen molar-refractivity contribution < 1.29 is 9.53 Å². The Morgan fingerprint density at radius 2 is 2.10 bits per heavy atom. The molecule has 1 aliphatic carbocycles. The second-order valence-corrected chi connectivity index (χ2v) is 5.83. The molecule has 1 saturated carbocycles. The number of benzene rings is 1. The van der Waals surface area contributed by atoms with Crippen LogP contribution in [-0.2, 0) is 4.79 Å². The zero-order valence-corrected chi connectivity index (χ0v) is 12.8. The van der Waals surface area contributed by atoms with Gasteiger partial charge >= 0.3 is 0 Å². The van der Waals surface area contributed by atoms with Crippen LogP contribution >= 0.6 is 23.8 Å². The van der Waals surface area contributed by atoms with Crippen molar-refractivity contribution in [3.05, 3.63) is 23.2 Å². The van der Waals surface area contributed by atoms with Crippen molar-refractivity contribution in [3.8, 4) is 5.75 Å². The first-order valence-corrected chi connectivity index (χ1v) is 7.23. The van der Waals surface area contributed by atoms with Crippen molar-refractivity contribution in [2.45, 2.75) is 25.7 Å². The SMILES string of the molecule is COc1ccc(Cl)cc1NC(=O)C1(C(N)=S)CCCC1. The topological polar surface area (TPSA) is 64.3 Å². The summed E-state index contributed by atoms with van der Waals surface area (Å²) in [6, 6.07) is 5.06. The Hall–Kier alpha value is -1.33. The lowest BCUT2D eigenvalue weighted by molar-refractivity contribution is -0.122. The molecule has 0 spiro atoms. The number of methoxy groups -OCH3 is 1. The van der Waals surface area contributed by atoms with Crippen molar-refractivity contribution in [1.29, 1.82) is 0 Å². The predicted octanol–water partition coefficient (Wildman–Crippen LogP) is 3.13. The number of halogens is 1. The highest BCUT2D eigenvalue weighted by molar-refractivity contribution is 7.80. The number of nitrogens with two attached hydrogens (primary N) is 1. The number of amides is 1. The summed E-state index contributed by atoms with van der Waals surface area (Å²) in [5.74, 6) is 0.377. The molecule has 0 saturated heterocycles. The number of carbonyl (C=O) groups excluding carboxylic acids is 1. The van der Waals surface area contributed by atoms with Gasteiger partial charge < -0.3 is 15.8 Å². The molecule has 1 aliphatic rings. The van der Waals surface area contributed by atoms with Crippen molar-refractivity contribution in [2.75, 3.05) is 12.4 Å². The van der Waals surface area contributed by atoms with E-state index in [0.717, 1.165) is 12.8 Å². The zero-order valence-electron chi connectivity index (χ0n) is 11.2. The van der Waals surface area contributed by atoms with E-state index in [9.17, 15) is 4.79 Å². The maximum absolute atomic E-state index is 12.6. The van der Waals surface area contributed by atoms with Crippen LogP contribution in [0.3, 0.4) is 0 Å². The summed E-state index contributed by atoms with van der Waals surface area (Å²) in [5, 5.41) is 3.38. The number of carbonyl (C=O) groups is 1. The smallest absolute Gasteiger partial charge is 0.237 e. The summed E-state index contributed by atoms with van der Waals surface area (Å²) in [6.07, 6.45) is 3.29. The summed E-state index contributed by atoms with van der Waals surface area (Å²) in [5.41, 5.74) is 5.59. The second-order valence-electron chi connectivity index (χ2n) is 4.95. The molecule has 3 N–H and O–H groups in total. The molecule has 0 aliphatic heterocycles. The molecule has 1 aromatic rings. The van der Waals surface area contributed by atoms with Crippen LogP contribution in [-0.4, -0.2) is 18.0 Å². The van der Waals surface area contributed by atoms with E-state index >= 15 is 0 Å². The Labute approximate surface area is 128 Å². The molecule has 4 nitrogen and oxygen atoms in total. The van der Waals surface area contributed by atoms with Gasteiger partial charge in [0.1, 0.15) is 5.75 Å². The molecule has 2 rings (SSSR count). The number of hydrogen-bond acceptors (Lipinski definition) is 3. The molecule has 6 heteroatoms. The summed E-state index contributed by atoms with van der Waals surface area (Å²) in [4.78, 5) is 12.8. The Morgan fingerprint density at radius 3 is 2.65 bits per heavy atom. The van der Waals surface area contributed by atoms with Gasteiger partial charge in [0.2, 0.25) is 5.91 Å². The van der Waals surface area contributed by atoms with E-state index in [2.05, 4.69) is 5.32 Å². The number of anilines is 1. The van der Waals surface area contributed by atoms with Crippen LogP contribution in [0.2, 0.25) is 5.02 Å². The highest BCUT2D eigenvalue weighted by Gasteiger charge is 2.44. The lowest BCUT2D eigenvalue weighted by Crippen LogP contribution is -2.44. The minimum Gasteiger partial charge on any atom is -0.495 e. The van der Waals surface area contributed by atoms with Crippen LogP contribution in [0.1, 0.15) is 25.7 Å². The fourth-order valence-electron chi connectivity index (χ4n) is 2.58. The molecule has 20 heavy (non-hydrogen) atoms. The van der Waals surface area contributed by atoms with Crippen LogP contribution in [0, 0.1) is 5.41 Å². The van der Waals surface area contributed by atoms with Gasteiger partial charge in [-0.3, -0.25) is 4.79 Å². The molecule has 1 aromatic carbocycles. The largest absolute Gasteiger partial charge is 0.495 e. The summed E-state index contributed by atoms with van der Waals surface area (Å²) in [6.45, 7) is 0. The molecule has 0 atom stereocenters. The third-order valence-corrected chi connectivity index (χ3v) is 4.40. The Balaban J connectivity index is 2.27. The number of hydrogen-bond donors (Lipinski definition) is 2. The highest BCUT2D eigenvalue weighted by atomic mass is 35.5. The van der Waals surface area contributed by atoms with E-state index in [1.54, 1.807) is 18.2 Å². The molecule has 0 bridgehead atoms. The zero-order chi connectivity index (χ0) is 14.8. The van der Waals surface area contributed by atoms with E-state index in [4.69, 9.17) is 34.3 Å². The van der Waals surface area contributed by atoms with Gasteiger partial charge in [0.15, 0.2) is 0 Å². The third kappa shape index (κ3) is 2.74. The van der Waals surface area contributed by atoms with E-state index in [-0.39, 0.29) is 10.9 Å². The lowest BCUT2D eigenvalue weighted by Gasteiger charge is -2.26. The fraction of sp³-hybridized carbons (Fsp3) is 0.429. The second kappa shape index (κ2) is 5.97. The van der Waals surface area contributed by atoms with Gasteiger partial charge in [-0.25, -0.2) is 0 Å². The first-order valence-electron chi connectivity index (χ1n) is 6.44. The number of thiocarbonyl (C=S) groups is 1. The highest BCUT2D eigenvalue weighted by Crippen LogP contribution is 2.40. The van der Waals surface area contributed by atoms with Crippen LogP contribution in [0.4, 0.5) is 5.69 Å². The molecule has 0 heterocycles. The summed E-state index contributed by atoms with van der Waals surface area (Å²) >= 11 is 11.1. The molecule has 0 radical (unpaired) electrons. The maximum Gasteiger partial charge on any atom is 0.237 e. The number of ether oxygens (including phenoxy) is 1. The average Bonchev–Trinajstić information content (AvgIpc) is 2.89. The van der Waals surface area contributed by atoms with E-state index in [1.807, 2.05) is 0 Å². The quantitative estimate of drug-likeness (QED) is 0.838. The molecule has 0 unspecified atom stereocenters. The molecule has 108 valence electrons. The minimum absolute atomic E-state index is 0.178. The van der Waals surface area contributed by atoms with Crippen LogP contribution in [0.5, 0.6) is 5.75 Å². The predicted molar refractivity (Wildman–Crippen MR) is 84.3 cm³/mol. The number of rotatable bonds is 4. The number of nitrogens with one attached hydrogen (secondary N) is 1. The molecular weight excluding hydrogens is 296 g/mol. The molecule has 1 amide bonds. The van der Waals surface area contributed by atoms with Gasteiger partial charge in [0, 0.05) is 5.02 Å². The van der Waals surface area contributed by atoms with Gasteiger partial charge in [-0.1, -0.05) is 36.7 Å². The van der Waals surface area contributed by atoms with Crippen molar-refractivity contribution in [2.24, 2.45) is 11.1 Å². The molecule has 0 aromatic heterocycles. The lowest BCUT2D eigenvalue weighted by atomic mass is 9.85. The van der Waals surface area contributed by atoms with Gasteiger partial charge in [-0.15, -0.1) is 0 Å². The fourth-order valence-corrected chi connectivity index (χ4v) is 3.05. The minimum atomic E-state index is -0.747.